The highest BCUT2D eigenvalue weighted by Gasteiger charge is 2.24. The molecule has 0 aliphatic rings. The van der Waals surface area contributed by atoms with Crippen molar-refractivity contribution in [1.82, 2.24) is 10.0 Å². The maximum absolute atomic E-state index is 13.5. The van der Waals surface area contributed by atoms with E-state index in [2.05, 4.69) is 10.0 Å². The van der Waals surface area contributed by atoms with Crippen molar-refractivity contribution < 1.29 is 17.6 Å². The maximum atomic E-state index is 13.5. The smallest absolute Gasteiger partial charge is 0.244 e. The Bertz CT molecular complexity index is 598. The third kappa shape index (κ3) is 5.88. The average molecular weight is 354 g/mol. The van der Waals surface area contributed by atoms with Gasteiger partial charge in [-0.15, -0.1) is 12.4 Å². The molecule has 2 unspecified atom stereocenters. The molecule has 0 aromatic heterocycles. The molecule has 22 heavy (non-hydrogen) atoms. The first-order valence-corrected chi connectivity index (χ1v) is 8.01. The highest BCUT2D eigenvalue weighted by atomic mass is 35.5. The molecule has 1 aromatic carbocycles. The zero-order chi connectivity index (χ0) is 16.0. The van der Waals surface area contributed by atoms with Crippen molar-refractivity contribution in [1.29, 1.82) is 0 Å². The predicted molar refractivity (Wildman–Crippen MR) is 84.7 cm³/mol. The van der Waals surface area contributed by atoms with Gasteiger partial charge in [0.05, 0.1) is 6.04 Å². The number of carbonyl (C=O) groups is 1. The highest BCUT2D eigenvalue weighted by Crippen LogP contribution is 2.13. The lowest BCUT2D eigenvalue weighted by Crippen LogP contribution is -2.46. The molecule has 0 aliphatic heterocycles. The van der Waals surface area contributed by atoms with Gasteiger partial charge in [-0.1, -0.05) is 19.1 Å². The van der Waals surface area contributed by atoms with E-state index in [1.807, 2.05) is 6.92 Å². The lowest BCUT2D eigenvalue weighted by Gasteiger charge is -2.16. The molecule has 6 nitrogen and oxygen atoms in total. The van der Waals surface area contributed by atoms with Crippen molar-refractivity contribution in [3.63, 3.8) is 0 Å². The van der Waals surface area contributed by atoms with Crippen LogP contribution in [0.1, 0.15) is 13.8 Å². The average Bonchev–Trinajstić information content (AvgIpc) is 2.43. The number of amides is 1. The van der Waals surface area contributed by atoms with Gasteiger partial charge in [-0.05, 0) is 31.5 Å². The van der Waals surface area contributed by atoms with Gasteiger partial charge in [-0.3, -0.25) is 4.79 Å². The summed E-state index contributed by atoms with van der Waals surface area (Å²) in [4.78, 5) is 11.3. The minimum atomic E-state index is -4.09. The molecule has 0 fully saturated rings. The molecular formula is C13H21ClFN3O3S. The molecule has 9 heteroatoms. The fourth-order valence-corrected chi connectivity index (χ4v) is 2.81. The third-order valence-corrected chi connectivity index (χ3v) is 4.45. The van der Waals surface area contributed by atoms with Gasteiger partial charge in [0.1, 0.15) is 10.7 Å². The summed E-state index contributed by atoms with van der Waals surface area (Å²) in [5.74, 6) is -1.27. The Hall–Kier alpha value is -1.22. The van der Waals surface area contributed by atoms with Crippen LogP contribution in [0.3, 0.4) is 0 Å². The fourth-order valence-electron chi connectivity index (χ4n) is 1.52. The fraction of sp³-hybridized carbons (Fsp3) is 0.462. The molecule has 0 spiro atoms. The summed E-state index contributed by atoms with van der Waals surface area (Å²) >= 11 is 0. The minimum absolute atomic E-state index is 0. The molecule has 0 bridgehead atoms. The second kappa shape index (κ2) is 9.04. The number of halogens is 2. The van der Waals surface area contributed by atoms with Gasteiger partial charge in [0.2, 0.25) is 15.9 Å². The van der Waals surface area contributed by atoms with Gasteiger partial charge in [0.15, 0.2) is 0 Å². The van der Waals surface area contributed by atoms with E-state index in [1.165, 1.54) is 19.1 Å². The molecule has 0 aliphatic carbocycles. The van der Waals surface area contributed by atoms with E-state index < -0.39 is 32.7 Å². The topological polar surface area (TPSA) is 101 Å². The maximum Gasteiger partial charge on any atom is 0.244 e. The molecule has 0 heterocycles. The number of nitrogens with one attached hydrogen (secondary N) is 2. The van der Waals surface area contributed by atoms with Gasteiger partial charge in [-0.25, -0.2) is 12.8 Å². The van der Waals surface area contributed by atoms with Crippen LogP contribution in [0.25, 0.3) is 0 Å². The lowest BCUT2D eigenvalue weighted by molar-refractivity contribution is -0.122. The van der Waals surface area contributed by atoms with E-state index in [1.54, 1.807) is 0 Å². The lowest BCUT2D eigenvalue weighted by atomic mass is 10.2. The van der Waals surface area contributed by atoms with E-state index >= 15 is 0 Å². The number of benzene rings is 1. The number of hydrogen-bond donors (Lipinski definition) is 3. The second-order valence-corrected chi connectivity index (χ2v) is 6.54. The Morgan fingerprint density at radius 2 is 1.91 bits per heavy atom. The summed E-state index contributed by atoms with van der Waals surface area (Å²) in [6.45, 7) is 4.01. The van der Waals surface area contributed by atoms with Crippen molar-refractivity contribution >= 4 is 28.3 Å². The van der Waals surface area contributed by atoms with E-state index in [9.17, 15) is 17.6 Å². The zero-order valence-electron chi connectivity index (χ0n) is 12.4. The standard InChI is InChI=1S/C13H20FN3O3S.ClH/c1-9(7-15)8-16-13(18)10(2)17-21(19,20)12-6-4-3-5-11(12)14;/h3-6,9-10,17H,7-8,15H2,1-2H3,(H,16,18);1H. The molecule has 1 amide bonds. The second-order valence-electron chi connectivity index (χ2n) is 4.86. The van der Waals surface area contributed by atoms with E-state index in [4.69, 9.17) is 5.73 Å². The van der Waals surface area contributed by atoms with E-state index in [0.717, 1.165) is 12.1 Å². The number of sulfonamides is 1. The molecule has 0 saturated heterocycles. The van der Waals surface area contributed by atoms with Crippen LogP contribution in [0, 0.1) is 11.7 Å². The summed E-state index contributed by atoms with van der Waals surface area (Å²) in [7, 11) is -4.09. The minimum Gasteiger partial charge on any atom is -0.354 e. The van der Waals surface area contributed by atoms with Crippen LogP contribution >= 0.6 is 12.4 Å². The van der Waals surface area contributed by atoms with Crippen molar-refractivity contribution in [2.45, 2.75) is 24.8 Å². The molecule has 2 atom stereocenters. The van der Waals surface area contributed by atoms with Crippen LogP contribution in [0.15, 0.2) is 29.2 Å². The summed E-state index contributed by atoms with van der Waals surface area (Å²) in [6.07, 6.45) is 0. The largest absolute Gasteiger partial charge is 0.354 e. The van der Waals surface area contributed by atoms with Crippen LogP contribution in [0.2, 0.25) is 0 Å². The first-order chi connectivity index (χ1) is 9.77. The van der Waals surface area contributed by atoms with Gasteiger partial charge in [-0.2, -0.15) is 4.72 Å². The summed E-state index contributed by atoms with van der Waals surface area (Å²) in [6, 6.07) is 3.96. The van der Waals surface area contributed by atoms with Crippen molar-refractivity contribution in [2.24, 2.45) is 11.7 Å². The van der Waals surface area contributed by atoms with E-state index in [-0.39, 0.29) is 18.3 Å². The normalized spacial score (nSPS) is 13.8. The van der Waals surface area contributed by atoms with Crippen molar-refractivity contribution in [3.05, 3.63) is 30.1 Å². The Morgan fingerprint density at radius 1 is 1.32 bits per heavy atom. The Kier molecular flexibility index (Phi) is 8.54. The van der Waals surface area contributed by atoms with Gasteiger partial charge >= 0.3 is 0 Å². The third-order valence-electron chi connectivity index (χ3n) is 2.88. The quantitative estimate of drug-likeness (QED) is 0.669. The highest BCUT2D eigenvalue weighted by molar-refractivity contribution is 7.89. The van der Waals surface area contributed by atoms with Crippen LogP contribution in [0.5, 0.6) is 0 Å². The molecule has 0 saturated carbocycles. The predicted octanol–water partition coefficient (Wildman–Crippen LogP) is 0.625. The van der Waals surface area contributed by atoms with Gasteiger partial charge in [0.25, 0.3) is 0 Å². The van der Waals surface area contributed by atoms with Crippen molar-refractivity contribution in [2.75, 3.05) is 13.1 Å². The SMILES string of the molecule is CC(CN)CNC(=O)C(C)NS(=O)(=O)c1ccccc1F.Cl. The summed E-state index contributed by atoms with van der Waals surface area (Å²) in [5, 5.41) is 2.58. The molecule has 4 N–H and O–H groups in total. The van der Waals surface area contributed by atoms with Crippen LogP contribution in [0.4, 0.5) is 4.39 Å². The molecule has 1 rings (SSSR count). The molecule has 0 radical (unpaired) electrons. The summed E-state index contributed by atoms with van der Waals surface area (Å²) in [5.41, 5.74) is 5.42. The summed E-state index contributed by atoms with van der Waals surface area (Å²) < 4.78 is 39.7. The Balaban J connectivity index is 0.00000441. The van der Waals surface area contributed by atoms with Crippen molar-refractivity contribution in [3.8, 4) is 0 Å². The number of rotatable bonds is 7. The van der Waals surface area contributed by atoms with Crippen LogP contribution in [-0.2, 0) is 14.8 Å². The number of carbonyl (C=O) groups excluding carboxylic acids is 1. The number of hydrogen-bond acceptors (Lipinski definition) is 4. The zero-order valence-corrected chi connectivity index (χ0v) is 14.0. The first-order valence-electron chi connectivity index (χ1n) is 6.52. The van der Waals surface area contributed by atoms with E-state index in [0.29, 0.717) is 13.1 Å². The molecule has 1 aromatic rings. The monoisotopic (exact) mass is 353 g/mol. The Labute approximate surface area is 136 Å². The van der Waals surface area contributed by atoms with Crippen LogP contribution < -0.4 is 15.8 Å². The first kappa shape index (κ1) is 20.8. The molecule has 126 valence electrons. The Morgan fingerprint density at radius 3 is 2.45 bits per heavy atom. The van der Waals surface area contributed by atoms with Gasteiger partial charge in [0, 0.05) is 6.54 Å². The molecular weight excluding hydrogens is 333 g/mol. The van der Waals surface area contributed by atoms with Crippen LogP contribution in [-0.4, -0.2) is 33.5 Å². The van der Waals surface area contributed by atoms with Gasteiger partial charge < -0.3 is 11.1 Å². The number of nitrogens with two attached hydrogens (primary N) is 1.